The molecule has 24 heavy (non-hydrogen) atoms. The highest BCUT2D eigenvalue weighted by Gasteiger charge is 2.29. The molecule has 1 aliphatic rings. The van der Waals surface area contributed by atoms with Crippen molar-refractivity contribution in [1.82, 2.24) is 20.0 Å². The summed E-state index contributed by atoms with van der Waals surface area (Å²) in [7, 11) is 1.54. The van der Waals surface area contributed by atoms with E-state index in [1.165, 1.54) is 11.4 Å². The molecule has 0 unspecified atom stereocenters. The molecule has 1 amide bonds. The smallest absolute Gasteiger partial charge is 0.246 e. The van der Waals surface area contributed by atoms with Crippen LogP contribution in [0.3, 0.4) is 0 Å². The summed E-state index contributed by atoms with van der Waals surface area (Å²) in [5.41, 5.74) is 7.23. The molecule has 3 rings (SSSR count). The van der Waals surface area contributed by atoms with Gasteiger partial charge in [-0.1, -0.05) is 6.92 Å². The second kappa shape index (κ2) is 6.96. The summed E-state index contributed by atoms with van der Waals surface area (Å²) in [5, 5.41) is 1.49. The van der Waals surface area contributed by atoms with Crippen molar-refractivity contribution in [2.24, 2.45) is 0 Å². The summed E-state index contributed by atoms with van der Waals surface area (Å²) in [5.74, 6) is 1.18. The molecule has 0 bridgehead atoms. The minimum absolute atomic E-state index is 0.00605. The van der Waals surface area contributed by atoms with Crippen molar-refractivity contribution in [3.63, 3.8) is 0 Å². The van der Waals surface area contributed by atoms with Crippen LogP contribution >= 0.6 is 0 Å². The molecule has 8 nitrogen and oxygen atoms in total. The van der Waals surface area contributed by atoms with Crippen molar-refractivity contribution >= 4 is 28.6 Å². The van der Waals surface area contributed by atoms with Crippen LogP contribution in [-0.2, 0) is 9.63 Å². The van der Waals surface area contributed by atoms with Gasteiger partial charge in [-0.15, -0.1) is 0 Å². The van der Waals surface area contributed by atoms with Crippen LogP contribution in [-0.4, -0.2) is 52.2 Å². The number of nitrogens with two attached hydrogens (primary N) is 1. The molecule has 8 heteroatoms. The molecule has 0 radical (unpaired) electrons. The molecule has 2 aromatic heterocycles. The summed E-state index contributed by atoms with van der Waals surface area (Å²) in [6, 6.07) is 3.83. The number of carbonyl (C=O) groups is 1. The average Bonchev–Trinajstić information content (AvgIpc) is 2.62. The van der Waals surface area contributed by atoms with E-state index in [-0.39, 0.29) is 11.9 Å². The molecule has 1 atom stereocenters. The number of anilines is 2. The number of amides is 1. The highest BCUT2D eigenvalue weighted by atomic mass is 16.7. The van der Waals surface area contributed by atoms with Gasteiger partial charge in [0.05, 0.1) is 18.7 Å². The molecule has 1 saturated heterocycles. The zero-order valence-electron chi connectivity index (χ0n) is 14.0. The maximum Gasteiger partial charge on any atom is 0.246 e. The molecule has 0 spiro atoms. The normalized spacial score (nSPS) is 17.9. The quantitative estimate of drug-likeness (QED) is 0.846. The summed E-state index contributed by atoms with van der Waals surface area (Å²) in [6.45, 7) is 3.38. The molecule has 2 aromatic rings. The van der Waals surface area contributed by atoms with Crippen LogP contribution in [0.4, 0.5) is 11.6 Å². The Hall–Kier alpha value is -2.48. The first-order valence-corrected chi connectivity index (χ1v) is 8.12. The number of piperidine rings is 1. The van der Waals surface area contributed by atoms with E-state index in [0.717, 1.165) is 30.7 Å². The van der Waals surface area contributed by atoms with Gasteiger partial charge in [0, 0.05) is 19.5 Å². The Kier molecular flexibility index (Phi) is 4.75. The van der Waals surface area contributed by atoms with Crippen molar-refractivity contribution in [1.29, 1.82) is 0 Å². The largest absolute Gasteiger partial charge is 0.382 e. The van der Waals surface area contributed by atoms with Gasteiger partial charge in [-0.3, -0.25) is 9.63 Å². The number of hydrogen-bond acceptors (Lipinski definition) is 7. The molecule has 0 aromatic carbocycles. The van der Waals surface area contributed by atoms with Gasteiger partial charge in [0.1, 0.15) is 17.7 Å². The SMILES string of the molecule is CCC(=O)N(OC)[C@@H]1CCCN(c2ccc3ncnc(N)c3n2)C1. The van der Waals surface area contributed by atoms with Crippen LogP contribution in [0, 0.1) is 0 Å². The number of carbonyl (C=O) groups excluding carboxylic acids is 1. The number of rotatable bonds is 4. The van der Waals surface area contributed by atoms with Crippen LogP contribution < -0.4 is 10.6 Å². The van der Waals surface area contributed by atoms with Gasteiger partial charge < -0.3 is 10.6 Å². The Labute approximate surface area is 140 Å². The molecule has 2 N–H and O–H groups in total. The van der Waals surface area contributed by atoms with Gasteiger partial charge in [-0.05, 0) is 25.0 Å². The number of fused-ring (bicyclic) bond motifs is 1. The zero-order valence-corrected chi connectivity index (χ0v) is 14.0. The number of nitrogen functional groups attached to an aromatic ring is 1. The van der Waals surface area contributed by atoms with Crippen molar-refractivity contribution in [2.45, 2.75) is 32.2 Å². The van der Waals surface area contributed by atoms with Crippen molar-refractivity contribution in [3.05, 3.63) is 18.5 Å². The molecule has 0 aliphatic carbocycles. The Morgan fingerprint density at radius 3 is 3.04 bits per heavy atom. The Morgan fingerprint density at radius 1 is 1.46 bits per heavy atom. The Balaban J connectivity index is 1.84. The number of hydrogen-bond donors (Lipinski definition) is 1. The van der Waals surface area contributed by atoms with Crippen LogP contribution in [0.5, 0.6) is 0 Å². The van der Waals surface area contributed by atoms with Crippen LogP contribution in [0.2, 0.25) is 0 Å². The number of hydroxylamine groups is 2. The maximum atomic E-state index is 12.0. The van der Waals surface area contributed by atoms with Crippen molar-refractivity contribution in [2.75, 3.05) is 30.8 Å². The Bertz CT molecular complexity index is 738. The molecular formula is C16H22N6O2. The predicted octanol–water partition coefficient (Wildman–Crippen LogP) is 1.38. The molecule has 1 fully saturated rings. The second-order valence-electron chi connectivity index (χ2n) is 5.79. The van der Waals surface area contributed by atoms with E-state index in [1.807, 2.05) is 19.1 Å². The average molecular weight is 330 g/mol. The lowest BCUT2D eigenvalue weighted by Gasteiger charge is -2.38. The van der Waals surface area contributed by atoms with E-state index in [2.05, 4.69) is 19.9 Å². The van der Waals surface area contributed by atoms with Gasteiger partial charge in [0.15, 0.2) is 5.82 Å². The molecule has 0 saturated carbocycles. The molecular weight excluding hydrogens is 308 g/mol. The first-order chi connectivity index (χ1) is 11.6. The first-order valence-electron chi connectivity index (χ1n) is 8.12. The minimum Gasteiger partial charge on any atom is -0.382 e. The van der Waals surface area contributed by atoms with E-state index >= 15 is 0 Å². The predicted molar refractivity (Wildman–Crippen MR) is 91.1 cm³/mol. The maximum absolute atomic E-state index is 12.0. The molecule has 128 valence electrons. The van der Waals surface area contributed by atoms with Crippen LogP contribution in [0.15, 0.2) is 18.5 Å². The number of nitrogens with zero attached hydrogens (tertiary/aromatic N) is 5. The topological polar surface area (TPSA) is 97.5 Å². The van der Waals surface area contributed by atoms with E-state index in [4.69, 9.17) is 10.6 Å². The zero-order chi connectivity index (χ0) is 17.1. The summed E-state index contributed by atoms with van der Waals surface area (Å²) < 4.78 is 0. The van der Waals surface area contributed by atoms with Crippen molar-refractivity contribution < 1.29 is 9.63 Å². The fourth-order valence-corrected chi connectivity index (χ4v) is 3.09. The third kappa shape index (κ3) is 3.09. The lowest BCUT2D eigenvalue weighted by Crippen LogP contribution is -2.50. The summed E-state index contributed by atoms with van der Waals surface area (Å²) in [4.78, 5) is 32.3. The third-order valence-corrected chi connectivity index (χ3v) is 4.29. The van der Waals surface area contributed by atoms with Gasteiger partial charge in [-0.25, -0.2) is 20.0 Å². The van der Waals surface area contributed by atoms with E-state index in [9.17, 15) is 4.79 Å². The Morgan fingerprint density at radius 2 is 2.29 bits per heavy atom. The summed E-state index contributed by atoms with van der Waals surface area (Å²) >= 11 is 0. The lowest BCUT2D eigenvalue weighted by molar-refractivity contribution is -0.188. The highest BCUT2D eigenvalue weighted by Crippen LogP contribution is 2.24. The monoisotopic (exact) mass is 330 g/mol. The minimum atomic E-state index is -0.00605. The lowest BCUT2D eigenvalue weighted by atomic mass is 10.0. The fourth-order valence-electron chi connectivity index (χ4n) is 3.09. The summed E-state index contributed by atoms with van der Waals surface area (Å²) in [6.07, 6.45) is 3.73. The molecule has 3 heterocycles. The number of aromatic nitrogens is 3. The second-order valence-corrected chi connectivity index (χ2v) is 5.79. The number of pyridine rings is 1. The fraction of sp³-hybridized carbons (Fsp3) is 0.500. The first kappa shape index (κ1) is 16.4. The van der Waals surface area contributed by atoms with Gasteiger partial charge in [-0.2, -0.15) is 0 Å². The van der Waals surface area contributed by atoms with Crippen molar-refractivity contribution in [3.8, 4) is 0 Å². The van der Waals surface area contributed by atoms with Crippen LogP contribution in [0.25, 0.3) is 11.0 Å². The van der Waals surface area contributed by atoms with Gasteiger partial charge in [0.25, 0.3) is 0 Å². The van der Waals surface area contributed by atoms with Gasteiger partial charge in [0.2, 0.25) is 5.91 Å². The highest BCUT2D eigenvalue weighted by molar-refractivity contribution is 5.85. The van der Waals surface area contributed by atoms with Gasteiger partial charge >= 0.3 is 0 Å². The standard InChI is InChI=1S/C16H22N6O2/c1-3-14(23)22(24-2)11-5-4-8-21(9-11)13-7-6-12-15(20-13)16(17)19-10-18-12/h6-7,10-11H,3-5,8-9H2,1-2H3,(H2,17,18,19)/t11-/m1/s1. The van der Waals surface area contributed by atoms with E-state index in [1.54, 1.807) is 7.11 Å². The van der Waals surface area contributed by atoms with E-state index in [0.29, 0.717) is 24.3 Å². The molecule has 1 aliphatic heterocycles. The van der Waals surface area contributed by atoms with Crippen LogP contribution in [0.1, 0.15) is 26.2 Å². The van der Waals surface area contributed by atoms with E-state index < -0.39 is 0 Å². The third-order valence-electron chi connectivity index (χ3n) is 4.29.